The monoisotopic (exact) mass is 307 g/mol. The Balaban J connectivity index is 2.79. The van der Waals surface area contributed by atoms with E-state index in [1.807, 2.05) is 0 Å². The fraction of sp³-hybridized carbons (Fsp3) is 1.00. The van der Waals surface area contributed by atoms with Gasteiger partial charge in [-0.05, 0) is 29.1 Å². The molecule has 1 aliphatic heterocycles. The van der Waals surface area contributed by atoms with E-state index in [0.717, 1.165) is 6.42 Å². The van der Waals surface area contributed by atoms with Gasteiger partial charge in [0.1, 0.15) is 6.10 Å². The largest absolute Gasteiger partial charge is 0.505 e. The number of hydrogen-bond donors (Lipinski definition) is 0. The van der Waals surface area contributed by atoms with Crippen LogP contribution < -0.4 is 0 Å². The van der Waals surface area contributed by atoms with Gasteiger partial charge in [0, 0.05) is 0 Å². The van der Waals surface area contributed by atoms with Crippen LogP contribution in [0.2, 0.25) is 18.1 Å². The standard InChI is InChI=1S/C13H28O4PSi/c1-8-10-12(16-18(5)14)11(9-15-10)17-19(6,7)13(2,3)4/h10-12H,8-9H2,1-7H3/q+1/t10-,11-,12?/m1/s1. The molecule has 2 unspecified atom stereocenters. The molecule has 0 amide bonds. The highest BCUT2D eigenvalue weighted by Gasteiger charge is 2.47. The summed E-state index contributed by atoms with van der Waals surface area (Å²) in [6.45, 7) is 15.2. The van der Waals surface area contributed by atoms with Gasteiger partial charge in [-0.25, -0.2) is 0 Å². The molecule has 0 aromatic heterocycles. The van der Waals surface area contributed by atoms with Gasteiger partial charge in [-0.1, -0.05) is 27.7 Å². The first-order valence-corrected chi connectivity index (χ1v) is 11.5. The van der Waals surface area contributed by atoms with Crippen LogP contribution in [0.3, 0.4) is 0 Å². The van der Waals surface area contributed by atoms with Gasteiger partial charge in [0.05, 0.1) is 12.7 Å². The van der Waals surface area contributed by atoms with E-state index < -0.39 is 16.3 Å². The molecule has 1 heterocycles. The SMILES string of the molecule is CC[C@H]1OC[C@@H](O[Si](C)(C)C(C)(C)C)C1O[P+](C)=O. The van der Waals surface area contributed by atoms with Gasteiger partial charge in [0.15, 0.2) is 21.1 Å². The minimum absolute atomic E-state index is 0.00586. The summed E-state index contributed by atoms with van der Waals surface area (Å²) in [4.78, 5) is 0. The zero-order valence-corrected chi connectivity index (χ0v) is 15.1. The zero-order valence-electron chi connectivity index (χ0n) is 13.2. The molecule has 4 nitrogen and oxygen atoms in total. The highest BCUT2D eigenvalue weighted by molar-refractivity contribution is 7.38. The van der Waals surface area contributed by atoms with Gasteiger partial charge in [-0.15, -0.1) is 4.52 Å². The second kappa shape index (κ2) is 6.31. The first-order chi connectivity index (χ1) is 8.58. The highest BCUT2D eigenvalue weighted by Crippen LogP contribution is 2.40. The Morgan fingerprint density at radius 1 is 1.37 bits per heavy atom. The highest BCUT2D eigenvalue weighted by atomic mass is 31.1. The van der Waals surface area contributed by atoms with Gasteiger partial charge in [-0.2, -0.15) is 0 Å². The van der Waals surface area contributed by atoms with Crippen LogP contribution in [0.1, 0.15) is 34.1 Å². The fourth-order valence-corrected chi connectivity index (χ4v) is 3.89. The smallest absolute Gasteiger partial charge is 0.409 e. The molecule has 1 rings (SSSR count). The summed E-state index contributed by atoms with van der Waals surface area (Å²) in [6.07, 6.45) is 0.553. The van der Waals surface area contributed by atoms with Crippen molar-refractivity contribution in [1.82, 2.24) is 0 Å². The lowest BCUT2D eigenvalue weighted by Gasteiger charge is -2.38. The van der Waals surface area contributed by atoms with E-state index in [1.165, 1.54) is 0 Å². The molecule has 1 aliphatic rings. The minimum atomic E-state index is -1.86. The third-order valence-electron chi connectivity index (χ3n) is 4.13. The number of rotatable bonds is 5. The molecule has 0 aromatic rings. The van der Waals surface area contributed by atoms with Crippen molar-refractivity contribution in [2.75, 3.05) is 13.3 Å². The summed E-state index contributed by atoms with van der Waals surface area (Å²) in [6, 6.07) is 0. The van der Waals surface area contributed by atoms with Crippen molar-refractivity contribution in [2.45, 2.75) is 70.6 Å². The average molecular weight is 307 g/mol. The Kier molecular flexibility index (Phi) is 5.73. The summed E-state index contributed by atoms with van der Waals surface area (Å²) >= 11 is 0. The second-order valence-corrected chi connectivity index (χ2v) is 12.6. The van der Waals surface area contributed by atoms with Crippen molar-refractivity contribution in [3.8, 4) is 0 Å². The van der Waals surface area contributed by atoms with Crippen LogP contribution in [0.15, 0.2) is 0 Å². The van der Waals surface area contributed by atoms with Crippen molar-refractivity contribution >= 4 is 16.3 Å². The van der Waals surface area contributed by atoms with E-state index >= 15 is 0 Å². The summed E-state index contributed by atoms with van der Waals surface area (Å²) in [5, 5.41) is 0.149. The molecular weight excluding hydrogens is 279 g/mol. The maximum absolute atomic E-state index is 11.4. The molecule has 0 bridgehead atoms. The van der Waals surface area contributed by atoms with Crippen LogP contribution in [0.5, 0.6) is 0 Å². The van der Waals surface area contributed by atoms with Crippen LogP contribution in [-0.2, 0) is 18.3 Å². The normalized spacial score (nSPS) is 29.6. The first-order valence-electron chi connectivity index (χ1n) is 6.95. The molecule has 6 heteroatoms. The Hall–Kier alpha value is 0.197. The lowest BCUT2D eigenvalue weighted by atomic mass is 10.1. The van der Waals surface area contributed by atoms with Crippen molar-refractivity contribution in [3.63, 3.8) is 0 Å². The fourth-order valence-electron chi connectivity index (χ4n) is 1.96. The molecule has 0 radical (unpaired) electrons. The first kappa shape index (κ1) is 17.2. The number of hydrogen-bond acceptors (Lipinski definition) is 4. The molecule has 0 spiro atoms. The average Bonchev–Trinajstić information content (AvgIpc) is 2.58. The maximum Gasteiger partial charge on any atom is 0.505 e. The molecule has 19 heavy (non-hydrogen) atoms. The molecule has 0 saturated carbocycles. The van der Waals surface area contributed by atoms with Gasteiger partial charge < -0.3 is 9.16 Å². The molecule has 1 fully saturated rings. The molecular formula is C13H28O4PSi+. The molecule has 0 aliphatic carbocycles. The van der Waals surface area contributed by atoms with E-state index in [4.69, 9.17) is 13.7 Å². The van der Waals surface area contributed by atoms with Crippen LogP contribution in [0, 0.1) is 0 Å². The van der Waals surface area contributed by atoms with Crippen LogP contribution in [-0.4, -0.2) is 39.9 Å². The van der Waals surface area contributed by atoms with Gasteiger partial charge in [0.25, 0.3) is 0 Å². The van der Waals surface area contributed by atoms with Crippen molar-refractivity contribution < 1.29 is 18.3 Å². The topological polar surface area (TPSA) is 44.8 Å². The number of ether oxygens (including phenoxy) is 1. The Labute approximate surface area is 119 Å². The maximum atomic E-state index is 11.4. The van der Waals surface area contributed by atoms with E-state index in [9.17, 15) is 4.57 Å². The molecule has 0 N–H and O–H groups in total. The lowest BCUT2D eigenvalue weighted by Crippen LogP contribution is -2.47. The minimum Gasteiger partial charge on any atom is -0.409 e. The second-order valence-electron chi connectivity index (χ2n) is 6.71. The van der Waals surface area contributed by atoms with Crippen LogP contribution in [0.25, 0.3) is 0 Å². The molecule has 1 saturated heterocycles. The Morgan fingerprint density at radius 3 is 2.37 bits per heavy atom. The van der Waals surface area contributed by atoms with E-state index in [0.29, 0.717) is 6.61 Å². The zero-order chi connectivity index (χ0) is 14.8. The third-order valence-corrected chi connectivity index (χ3v) is 9.18. The lowest BCUT2D eigenvalue weighted by molar-refractivity contribution is 0.0468. The van der Waals surface area contributed by atoms with Gasteiger partial charge in [0.2, 0.25) is 0 Å². The van der Waals surface area contributed by atoms with E-state index in [-0.39, 0.29) is 23.4 Å². The van der Waals surface area contributed by atoms with Crippen molar-refractivity contribution in [1.29, 1.82) is 0 Å². The predicted molar refractivity (Wildman–Crippen MR) is 80.5 cm³/mol. The Bertz CT molecular complexity index is 327. The summed E-state index contributed by atoms with van der Waals surface area (Å²) < 4.78 is 29.1. The van der Waals surface area contributed by atoms with Crippen molar-refractivity contribution in [3.05, 3.63) is 0 Å². The van der Waals surface area contributed by atoms with E-state index in [2.05, 4.69) is 40.8 Å². The quantitative estimate of drug-likeness (QED) is 0.570. The summed E-state index contributed by atoms with van der Waals surface area (Å²) in [5.41, 5.74) is 0. The predicted octanol–water partition coefficient (Wildman–Crippen LogP) is 3.94. The van der Waals surface area contributed by atoms with Gasteiger partial charge in [-0.3, -0.25) is 0 Å². The van der Waals surface area contributed by atoms with Crippen LogP contribution in [0.4, 0.5) is 0 Å². The van der Waals surface area contributed by atoms with Crippen LogP contribution >= 0.6 is 8.03 Å². The van der Waals surface area contributed by atoms with E-state index in [1.54, 1.807) is 6.66 Å². The Morgan fingerprint density at radius 2 is 1.95 bits per heavy atom. The summed E-state index contributed by atoms with van der Waals surface area (Å²) in [7, 11) is -3.49. The third kappa shape index (κ3) is 4.33. The van der Waals surface area contributed by atoms with Gasteiger partial charge >= 0.3 is 8.03 Å². The summed E-state index contributed by atoms with van der Waals surface area (Å²) in [5.74, 6) is 0. The molecule has 4 atom stereocenters. The molecule has 0 aromatic carbocycles. The molecule has 112 valence electrons. The van der Waals surface area contributed by atoms with Crippen molar-refractivity contribution in [2.24, 2.45) is 0 Å².